The number of nitrogens with one attached hydrogen (secondary N) is 1. The Morgan fingerprint density at radius 1 is 1.29 bits per heavy atom. The Kier molecular flexibility index (Phi) is 6.07. The Labute approximate surface area is 192 Å². The Morgan fingerprint density at radius 3 is 2.71 bits per heavy atom. The Balaban J connectivity index is 1.67. The van der Waals surface area contributed by atoms with E-state index in [1.54, 1.807) is 6.07 Å². The minimum Gasteiger partial charge on any atom is -0.504 e. The number of benzene rings is 1. The predicted octanol–water partition coefficient (Wildman–Crippen LogP) is 3.58. The Bertz CT molecular complexity index is 948. The first-order valence-corrected chi connectivity index (χ1v) is 12.3. The summed E-state index contributed by atoms with van der Waals surface area (Å²) in [7, 11) is 0. The molecule has 0 aliphatic heterocycles. The molecule has 168 valence electrons. The smallest absolute Gasteiger partial charge is 0.217 e. The SMILES string of the molecule is CC(=O)N[C@@H](CS)C(=O)Sc1c(O)c(O)cc2c1CC[C@@H]1[C@@H]2CC[C@]2(C)C(=O)CC[C@@H]12. The molecule has 3 aliphatic rings. The van der Waals surface area contributed by atoms with Crippen LogP contribution in [0.25, 0.3) is 0 Å². The molecule has 0 bridgehead atoms. The number of Topliss-reactive ketones (excluding diaryl/α,β-unsaturated/α-hetero) is 1. The maximum atomic E-state index is 12.8. The summed E-state index contributed by atoms with van der Waals surface area (Å²) in [5.74, 6) is 0.632. The molecule has 5 atom stereocenters. The minimum atomic E-state index is -0.778. The van der Waals surface area contributed by atoms with Crippen molar-refractivity contribution in [2.24, 2.45) is 17.3 Å². The second-order valence-electron chi connectivity index (χ2n) is 9.33. The van der Waals surface area contributed by atoms with E-state index in [0.717, 1.165) is 48.6 Å². The van der Waals surface area contributed by atoms with Gasteiger partial charge in [0.2, 0.25) is 11.0 Å². The number of aromatic hydroxyl groups is 2. The number of carbonyl (C=O) groups excluding carboxylic acids is 3. The number of phenols is 2. The van der Waals surface area contributed by atoms with Gasteiger partial charge in [0, 0.05) is 24.5 Å². The lowest BCUT2D eigenvalue weighted by Crippen LogP contribution is -2.42. The van der Waals surface area contributed by atoms with Crippen LogP contribution in [0, 0.1) is 17.3 Å². The maximum Gasteiger partial charge on any atom is 0.217 e. The maximum absolute atomic E-state index is 12.8. The third-order valence-electron chi connectivity index (χ3n) is 7.69. The second kappa shape index (κ2) is 8.35. The number of thiol groups is 1. The van der Waals surface area contributed by atoms with Crippen LogP contribution in [0.5, 0.6) is 11.5 Å². The fourth-order valence-corrected chi connectivity index (χ4v) is 7.56. The minimum absolute atomic E-state index is 0.145. The molecule has 0 radical (unpaired) electrons. The van der Waals surface area contributed by atoms with E-state index >= 15 is 0 Å². The van der Waals surface area contributed by atoms with Gasteiger partial charge in [-0.2, -0.15) is 12.6 Å². The number of ketones is 1. The van der Waals surface area contributed by atoms with Crippen LogP contribution in [0.3, 0.4) is 0 Å². The van der Waals surface area contributed by atoms with Crippen molar-refractivity contribution >= 4 is 41.2 Å². The number of hydrogen-bond acceptors (Lipinski definition) is 7. The molecule has 6 nitrogen and oxygen atoms in total. The van der Waals surface area contributed by atoms with Gasteiger partial charge < -0.3 is 15.5 Å². The van der Waals surface area contributed by atoms with Crippen molar-refractivity contribution in [1.29, 1.82) is 0 Å². The van der Waals surface area contributed by atoms with Crippen LogP contribution in [0.1, 0.15) is 63.0 Å². The van der Waals surface area contributed by atoms with Gasteiger partial charge >= 0.3 is 0 Å². The van der Waals surface area contributed by atoms with Crippen LogP contribution in [-0.2, 0) is 20.8 Å². The second-order valence-corrected chi connectivity index (χ2v) is 10.7. The fourth-order valence-electron chi connectivity index (χ4n) is 6.15. The van der Waals surface area contributed by atoms with Gasteiger partial charge in [0.25, 0.3) is 0 Å². The summed E-state index contributed by atoms with van der Waals surface area (Å²) in [6.07, 6.45) is 4.87. The zero-order valence-electron chi connectivity index (χ0n) is 17.8. The molecule has 4 rings (SSSR count). The van der Waals surface area contributed by atoms with E-state index < -0.39 is 6.04 Å². The average Bonchev–Trinajstić information content (AvgIpc) is 3.03. The van der Waals surface area contributed by atoms with Gasteiger partial charge in [-0.25, -0.2) is 0 Å². The highest BCUT2D eigenvalue weighted by atomic mass is 32.2. The van der Waals surface area contributed by atoms with Crippen LogP contribution in [0.2, 0.25) is 0 Å². The molecule has 3 aliphatic carbocycles. The zero-order chi connectivity index (χ0) is 22.5. The topological polar surface area (TPSA) is 104 Å². The van der Waals surface area contributed by atoms with Gasteiger partial charge in [0.1, 0.15) is 11.8 Å². The monoisotopic (exact) mass is 463 g/mol. The highest BCUT2D eigenvalue weighted by Crippen LogP contribution is 2.61. The summed E-state index contributed by atoms with van der Waals surface area (Å²) in [5, 5.41) is 23.3. The average molecular weight is 464 g/mol. The lowest BCUT2D eigenvalue weighted by Gasteiger charge is -2.48. The first-order chi connectivity index (χ1) is 14.7. The molecule has 31 heavy (non-hydrogen) atoms. The van der Waals surface area contributed by atoms with Gasteiger partial charge in [0.05, 0.1) is 4.90 Å². The number of carbonyl (C=O) groups is 3. The first-order valence-electron chi connectivity index (χ1n) is 10.9. The number of rotatable bonds is 4. The molecular formula is C23H29NO5S2. The van der Waals surface area contributed by atoms with Crippen molar-refractivity contribution in [2.75, 3.05) is 5.75 Å². The molecule has 2 saturated carbocycles. The molecule has 1 aromatic carbocycles. The molecule has 8 heteroatoms. The van der Waals surface area contributed by atoms with Crippen molar-refractivity contribution in [3.05, 3.63) is 17.2 Å². The molecule has 1 aromatic rings. The Hall–Kier alpha value is -1.67. The molecule has 0 aromatic heterocycles. The van der Waals surface area contributed by atoms with Gasteiger partial charge in [-0.3, -0.25) is 14.4 Å². The lowest BCUT2D eigenvalue weighted by molar-refractivity contribution is -0.129. The summed E-state index contributed by atoms with van der Waals surface area (Å²) < 4.78 is 0. The summed E-state index contributed by atoms with van der Waals surface area (Å²) in [5.41, 5.74) is 1.66. The van der Waals surface area contributed by atoms with Crippen molar-refractivity contribution in [2.45, 2.75) is 69.2 Å². The molecule has 2 fully saturated rings. The summed E-state index contributed by atoms with van der Waals surface area (Å²) in [4.78, 5) is 37.1. The van der Waals surface area contributed by atoms with Gasteiger partial charge in [0.15, 0.2) is 11.5 Å². The Morgan fingerprint density at radius 2 is 2.03 bits per heavy atom. The molecule has 0 unspecified atom stereocenters. The van der Waals surface area contributed by atoms with Crippen molar-refractivity contribution < 1.29 is 24.6 Å². The third-order valence-corrected chi connectivity index (χ3v) is 9.19. The first kappa shape index (κ1) is 22.5. The van der Waals surface area contributed by atoms with E-state index in [0.29, 0.717) is 35.4 Å². The van der Waals surface area contributed by atoms with E-state index in [-0.39, 0.29) is 39.6 Å². The summed E-state index contributed by atoms with van der Waals surface area (Å²) in [6.45, 7) is 3.46. The third kappa shape index (κ3) is 3.75. The van der Waals surface area contributed by atoms with Gasteiger partial charge in [-0.1, -0.05) is 6.92 Å². The summed E-state index contributed by atoms with van der Waals surface area (Å²) in [6, 6.07) is 0.874. The molecule has 3 N–H and O–H groups in total. The van der Waals surface area contributed by atoms with Crippen molar-refractivity contribution in [3.63, 3.8) is 0 Å². The number of amides is 1. The van der Waals surface area contributed by atoms with Gasteiger partial charge in [-0.05, 0) is 78.8 Å². The molecule has 0 spiro atoms. The van der Waals surface area contributed by atoms with Crippen LogP contribution >= 0.6 is 24.4 Å². The van der Waals surface area contributed by atoms with E-state index in [2.05, 4.69) is 24.9 Å². The number of thioether (sulfide) groups is 1. The number of hydrogen-bond donors (Lipinski definition) is 4. The quantitative estimate of drug-likeness (QED) is 0.309. The fraction of sp³-hybridized carbons (Fsp3) is 0.609. The standard InChI is InChI=1S/C23H29NO5S2/c1-11(25)24-17(10-30)22(29)31-21-14-4-3-13-12(15(14)9-18(26)20(21)28)7-8-23(2)16(13)5-6-19(23)27/h9,12-13,16-17,26,28,30H,3-8,10H2,1-2H3,(H,24,25)/t12-,13+,16-,17-,23-/m0/s1. The summed E-state index contributed by atoms with van der Waals surface area (Å²) >= 11 is 5.03. The predicted molar refractivity (Wildman–Crippen MR) is 122 cm³/mol. The zero-order valence-corrected chi connectivity index (χ0v) is 19.5. The highest BCUT2D eigenvalue weighted by molar-refractivity contribution is 8.14. The highest BCUT2D eigenvalue weighted by Gasteiger charge is 2.54. The largest absolute Gasteiger partial charge is 0.504 e. The lowest BCUT2D eigenvalue weighted by atomic mass is 9.55. The van der Waals surface area contributed by atoms with Crippen molar-refractivity contribution in [1.82, 2.24) is 5.32 Å². The van der Waals surface area contributed by atoms with Gasteiger partial charge in [-0.15, -0.1) is 0 Å². The number of fused-ring (bicyclic) bond motifs is 5. The molecule has 0 saturated heterocycles. The van der Waals surface area contributed by atoms with Crippen LogP contribution in [0.15, 0.2) is 11.0 Å². The van der Waals surface area contributed by atoms with E-state index in [1.807, 2.05) is 0 Å². The van der Waals surface area contributed by atoms with Crippen LogP contribution in [0.4, 0.5) is 0 Å². The van der Waals surface area contributed by atoms with E-state index in [1.165, 1.54) is 6.92 Å². The molecule has 0 heterocycles. The molecule has 1 amide bonds. The van der Waals surface area contributed by atoms with Crippen LogP contribution in [-0.4, -0.2) is 38.8 Å². The van der Waals surface area contributed by atoms with E-state index in [4.69, 9.17) is 0 Å². The van der Waals surface area contributed by atoms with Crippen molar-refractivity contribution in [3.8, 4) is 11.5 Å². The molecular weight excluding hydrogens is 434 g/mol. The van der Waals surface area contributed by atoms with Crippen LogP contribution < -0.4 is 5.32 Å². The van der Waals surface area contributed by atoms with E-state index in [9.17, 15) is 24.6 Å². The normalized spacial score (nSPS) is 30.2. The number of phenolic OH excluding ortho intramolecular Hbond substituents is 2.